The molecule has 1 atom stereocenters. The van der Waals surface area contributed by atoms with Gasteiger partial charge in [0.15, 0.2) is 11.5 Å². The monoisotopic (exact) mass is 319 g/mol. The van der Waals surface area contributed by atoms with Gasteiger partial charge in [-0.15, -0.1) is 0 Å². The number of hydrogen-bond acceptors (Lipinski definition) is 4. The van der Waals surface area contributed by atoms with E-state index in [4.69, 9.17) is 14.2 Å². The van der Waals surface area contributed by atoms with Gasteiger partial charge in [-0.2, -0.15) is 0 Å². The molecule has 2 fully saturated rings. The molecule has 2 aliphatic rings. The first-order chi connectivity index (χ1) is 11.3. The molecule has 0 bridgehead atoms. The van der Waals surface area contributed by atoms with E-state index in [9.17, 15) is 0 Å². The molecular formula is C19H29NO3. The lowest BCUT2D eigenvalue weighted by Gasteiger charge is -2.18. The van der Waals surface area contributed by atoms with Gasteiger partial charge in [0.05, 0.1) is 18.8 Å². The van der Waals surface area contributed by atoms with Crippen LogP contribution in [0.1, 0.15) is 51.0 Å². The lowest BCUT2D eigenvalue weighted by molar-refractivity contribution is 0.110. The van der Waals surface area contributed by atoms with Gasteiger partial charge in [0, 0.05) is 19.7 Å². The maximum Gasteiger partial charge on any atom is 0.161 e. The van der Waals surface area contributed by atoms with Crippen LogP contribution in [0.4, 0.5) is 0 Å². The SMILES string of the molecule is CCOc1cc(CNC[C@H]2CCCO2)ccc1OC1CCCC1. The Kier molecular flexibility index (Phi) is 6.17. The van der Waals surface area contributed by atoms with Crippen molar-refractivity contribution < 1.29 is 14.2 Å². The summed E-state index contributed by atoms with van der Waals surface area (Å²) in [5.74, 6) is 1.76. The van der Waals surface area contributed by atoms with Crippen molar-refractivity contribution in [3.05, 3.63) is 23.8 Å². The molecular weight excluding hydrogens is 290 g/mol. The van der Waals surface area contributed by atoms with E-state index in [1.54, 1.807) is 0 Å². The van der Waals surface area contributed by atoms with Crippen molar-refractivity contribution in [2.24, 2.45) is 0 Å². The summed E-state index contributed by atoms with van der Waals surface area (Å²) in [6.45, 7) is 5.34. The standard InChI is InChI=1S/C19H29NO3/c1-2-21-19-12-15(13-20-14-17-8-5-11-22-17)9-10-18(19)23-16-6-3-4-7-16/h9-10,12,16-17,20H,2-8,11,13-14H2,1H3/t17-/m1/s1. The van der Waals surface area contributed by atoms with Gasteiger partial charge in [0.1, 0.15) is 0 Å². The van der Waals surface area contributed by atoms with Crippen LogP contribution in [0.2, 0.25) is 0 Å². The van der Waals surface area contributed by atoms with E-state index in [-0.39, 0.29) is 0 Å². The Hall–Kier alpha value is -1.26. The summed E-state index contributed by atoms with van der Waals surface area (Å²) < 4.78 is 17.6. The van der Waals surface area contributed by atoms with E-state index < -0.39 is 0 Å². The fraction of sp³-hybridized carbons (Fsp3) is 0.684. The van der Waals surface area contributed by atoms with Crippen LogP contribution in [0.5, 0.6) is 11.5 Å². The highest BCUT2D eigenvalue weighted by atomic mass is 16.5. The van der Waals surface area contributed by atoms with Gasteiger partial charge in [0.25, 0.3) is 0 Å². The zero-order valence-corrected chi connectivity index (χ0v) is 14.2. The lowest BCUT2D eigenvalue weighted by Crippen LogP contribution is -2.25. The molecule has 1 aliphatic carbocycles. The molecule has 4 heteroatoms. The summed E-state index contributed by atoms with van der Waals surface area (Å²) in [6, 6.07) is 6.30. The summed E-state index contributed by atoms with van der Waals surface area (Å²) in [5.41, 5.74) is 1.23. The molecule has 0 radical (unpaired) electrons. The van der Waals surface area contributed by atoms with Gasteiger partial charge in [-0.25, -0.2) is 0 Å². The summed E-state index contributed by atoms with van der Waals surface area (Å²) in [6.07, 6.45) is 7.98. The van der Waals surface area contributed by atoms with E-state index in [1.165, 1.54) is 31.2 Å². The molecule has 1 N–H and O–H groups in total. The van der Waals surface area contributed by atoms with Crippen molar-refractivity contribution in [2.45, 2.75) is 64.2 Å². The average molecular weight is 319 g/mol. The molecule has 0 spiro atoms. The first kappa shape index (κ1) is 16.6. The van der Waals surface area contributed by atoms with Crippen molar-refractivity contribution in [3.8, 4) is 11.5 Å². The smallest absolute Gasteiger partial charge is 0.161 e. The highest BCUT2D eigenvalue weighted by Gasteiger charge is 2.19. The van der Waals surface area contributed by atoms with Crippen molar-refractivity contribution in [2.75, 3.05) is 19.8 Å². The summed E-state index contributed by atoms with van der Waals surface area (Å²) in [7, 11) is 0. The van der Waals surface area contributed by atoms with Crippen LogP contribution in [0.3, 0.4) is 0 Å². The van der Waals surface area contributed by atoms with Crippen LogP contribution < -0.4 is 14.8 Å². The predicted molar refractivity (Wildman–Crippen MR) is 91.2 cm³/mol. The first-order valence-corrected chi connectivity index (χ1v) is 9.10. The summed E-state index contributed by atoms with van der Waals surface area (Å²) in [4.78, 5) is 0. The van der Waals surface area contributed by atoms with Crippen LogP contribution in [0.15, 0.2) is 18.2 Å². The van der Waals surface area contributed by atoms with Crippen molar-refractivity contribution in [1.29, 1.82) is 0 Å². The molecule has 128 valence electrons. The van der Waals surface area contributed by atoms with E-state index in [0.29, 0.717) is 18.8 Å². The van der Waals surface area contributed by atoms with Crippen molar-refractivity contribution in [1.82, 2.24) is 5.32 Å². The second kappa shape index (κ2) is 8.55. The summed E-state index contributed by atoms with van der Waals surface area (Å²) >= 11 is 0. The molecule has 1 saturated heterocycles. The normalized spacial score (nSPS) is 21.7. The van der Waals surface area contributed by atoms with Crippen LogP contribution in [0.25, 0.3) is 0 Å². The molecule has 0 aromatic heterocycles. The highest BCUT2D eigenvalue weighted by Crippen LogP contribution is 2.32. The Bertz CT molecular complexity index is 480. The average Bonchev–Trinajstić information content (AvgIpc) is 3.24. The second-order valence-electron chi connectivity index (χ2n) is 6.50. The Balaban J connectivity index is 1.56. The van der Waals surface area contributed by atoms with E-state index in [2.05, 4.69) is 23.5 Å². The molecule has 1 heterocycles. The minimum Gasteiger partial charge on any atom is -0.490 e. The molecule has 4 nitrogen and oxygen atoms in total. The third kappa shape index (κ3) is 4.85. The Labute approximate surface area is 139 Å². The molecule has 0 unspecified atom stereocenters. The quantitative estimate of drug-likeness (QED) is 0.793. The number of rotatable bonds is 8. The zero-order valence-electron chi connectivity index (χ0n) is 14.2. The molecule has 3 rings (SSSR count). The van der Waals surface area contributed by atoms with Gasteiger partial charge < -0.3 is 19.5 Å². The van der Waals surface area contributed by atoms with E-state index in [1.807, 2.05) is 6.92 Å². The third-order valence-electron chi connectivity index (χ3n) is 4.63. The number of hydrogen-bond donors (Lipinski definition) is 1. The number of benzene rings is 1. The van der Waals surface area contributed by atoms with Gasteiger partial charge in [-0.1, -0.05) is 6.07 Å². The minimum absolute atomic E-state index is 0.359. The van der Waals surface area contributed by atoms with Gasteiger partial charge in [0.2, 0.25) is 0 Å². The molecule has 0 amide bonds. The Morgan fingerprint density at radius 2 is 2.00 bits per heavy atom. The largest absolute Gasteiger partial charge is 0.490 e. The van der Waals surface area contributed by atoms with Crippen LogP contribution >= 0.6 is 0 Å². The maximum absolute atomic E-state index is 6.13. The minimum atomic E-state index is 0.359. The summed E-state index contributed by atoms with van der Waals surface area (Å²) in [5, 5.41) is 3.48. The Morgan fingerprint density at radius 3 is 2.74 bits per heavy atom. The predicted octanol–water partition coefficient (Wildman–Crippen LogP) is 3.68. The van der Waals surface area contributed by atoms with Gasteiger partial charge >= 0.3 is 0 Å². The Morgan fingerprint density at radius 1 is 1.13 bits per heavy atom. The highest BCUT2D eigenvalue weighted by molar-refractivity contribution is 5.43. The number of nitrogens with one attached hydrogen (secondary N) is 1. The van der Waals surface area contributed by atoms with Crippen LogP contribution in [-0.4, -0.2) is 32.0 Å². The van der Waals surface area contributed by atoms with Gasteiger partial charge in [-0.05, 0) is 63.1 Å². The van der Waals surface area contributed by atoms with Crippen molar-refractivity contribution in [3.63, 3.8) is 0 Å². The fourth-order valence-corrected chi connectivity index (χ4v) is 3.40. The first-order valence-electron chi connectivity index (χ1n) is 9.10. The zero-order chi connectivity index (χ0) is 15.9. The topological polar surface area (TPSA) is 39.7 Å². The van der Waals surface area contributed by atoms with E-state index in [0.717, 1.165) is 44.0 Å². The molecule has 1 aromatic rings. The molecule has 1 aliphatic heterocycles. The fourth-order valence-electron chi connectivity index (χ4n) is 3.40. The van der Waals surface area contributed by atoms with Crippen LogP contribution in [0, 0.1) is 0 Å². The maximum atomic E-state index is 6.13. The number of ether oxygens (including phenoxy) is 3. The van der Waals surface area contributed by atoms with Crippen LogP contribution in [-0.2, 0) is 11.3 Å². The van der Waals surface area contributed by atoms with Gasteiger partial charge in [-0.3, -0.25) is 0 Å². The molecule has 23 heavy (non-hydrogen) atoms. The molecule has 1 aromatic carbocycles. The third-order valence-corrected chi connectivity index (χ3v) is 4.63. The second-order valence-corrected chi connectivity index (χ2v) is 6.50. The lowest BCUT2D eigenvalue weighted by atomic mass is 10.2. The molecule has 1 saturated carbocycles. The van der Waals surface area contributed by atoms with E-state index >= 15 is 0 Å². The van der Waals surface area contributed by atoms with Crippen molar-refractivity contribution >= 4 is 0 Å².